The first-order chi connectivity index (χ1) is 12.5. The third-order valence-electron chi connectivity index (χ3n) is 4.18. The van der Waals surface area contributed by atoms with E-state index in [1.54, 1.807) is 18.2 Å². The number of ether oxygens (including phenoxy) is 2. The zero-order valence-corrected chi connectivity index (χ0v) is 16.4. The highest BCUT2D eigenvalue weighted by Gasteiger charge is 2.37. The second-order valence-corrected chi connectivity index (χ2v) is 7.31. The summed E-state index contributed by atoms with van der Waals surface area (Å²) in [5.41, 5.74) is 1.45. The molecule has 0 aromatic heterocycles. The minimum Gasteiger partial charge on any atom is -0.495 e. The second kappa shape index (κ2) is 8.10. The van der Waals surface area contributed by atoms with Crippen molar-refractivity contribution in [2.75, 3.05) is 18.6 Å². The Bertz CT molecular complexity index is 825. The van der Waals surface area contributed by atoms with Gasteiger partial charge in [0.2, 0.25) is 5.91 Å². The summed E-state index contributed by atoms with van der Waals surface area (Å²) >= 11 is 9.40. The van der Waals surface area contributed by atoms with Crippen molar-refractivity contribution < 1.29 is 19.1 Å². The molecule has 0 spiro atoms. The summed E-state index contributed by atoms with van der Waals surface area (Å²) in [7, 11) is 1.53. The maximum Gasteiger partial charge on any atom is 0.311 e. The molecule has 7 heteroatoms. The Morgan fingerprint density at radius 2 is 2.00 bits per heavy atom. The number of benzene rings is 2. The lowest BCUT2D eigenvalue weighted by Gasteiger charge is -2.19. The van der Waals surface area contributed by atoms with Gasteiger partial charge in [0.05, 0.1) is 18.7 Å². The molecule has 0 aliphatic carbocycles. The number of esters is 1. The van der Waals surface area contributed by atoms with E-state index in [0.29, 0.717) is 16.5 Å². The van der Waals surface area contributed by atoms with Crippen LogP contribution in [-0.2, 0) is 20.9 Å². The van der Waals surface area contributed by atoms with Gasteiger partial charge >= 0.3 is 5.97 Å². The molecule has 26 heavy (non-hydrogen) atoms. The summed E-state index contributed by atoms with van der Waals surface area (Å²) in [6, 6.07) is 12.6. The highest BCUT2D eigenvalue weighted by molar-refractivity contribution is 9.10. The number of anilines is 1. The Morgan fingerprint density at radius 1 is 1.27 bits per heavy atom. The SMILES string of the molecule is COc1ccc(Cl)cc1N1C[C@H](C(=O)OCc2ccc(Br)cc2)CC1=O. The van der Waals surface area contributed by atoms with E-state index in [9.17, 15) is 9.59 Å². The first kappa shape index (κ1) is 18.7. The molecular formula is C19H17BrClNO4. The summed E-state index contributed by atoms with van der Waals surface area (Å²) in [6.07, 6.45) is 0.106. The highest BCUT2D eigenvalue weighted by atomic mass is 79.9. The van der Waals surface area contributed by atoms with E-state index in [-0.39, 0.29) is 31.4 Å². The van der Waals surface area contributed by atoms with E-state index in [1.165, 1.54) is 12.0 Å². The van der Waals surface area contributed by atoms with Gasteiger partial charge in [-0.3, -0.25) is 9.59 Å². The average molecular weight is 439 g/mol. The second-order valence-electron chi connectivity index (χ2n) is 5.96. The average Bonchev–Trinajstić information content (AvgIpc) is 3.02. The van der Waals surface area contributed by atoms with Gasteiger partial charge in [-0.2, -0.15) is 0 Å². The molecule has 1 aliphatic heterocycles. The molecule has 0 bridgehead atoms. The van der Waals surface area contributed by atoms with Gasteiger partial charge in [-0.15, -0.1) is 0 Å². The number of hydrogen-bond acceptors (Lipinski definition) is 4. The first-order valence-electron chi connectivity index (χ1n) is 8.03. The highest BCUT2D eigenvalue weighted by Crippen LogP contribution is 2.35. The molecule has 1 fully saturated rings. The molecule has 0 N–H and O–H groups in total. The summed E-state index contributed by atoms with van der Waals surface area (Å²) in [5.74, 6) is -0.519. The molecular weight excluding hydrogens is 422 g/mol. The number of halogens is 2. The predicted octanol–water partition coefficient (Wildman–Crippen LogP) is 4.21. The minimum absolute atomic E-state index is 0.106. The van der Waals surface area contributed by atoms with Crippen molar-refractivity contribution in [3.63, 3.8) is 0 Å². The Morgan fingerprint density at radius 3 is 2.69 bits per heavy atom. The van der Waals surface area contributed by atoms with Gasteiger partial charge in [-0.05, 0) is 35.9 Å². The Labute approximate surface area is 165 Å². The van der Waals surface area contributed by atoms with Gasteiger partial charge in [-0.25, -0.2) is 0 Å². The van der Waals surface area contributed by atoms with Crippen LogP contribution in [0.25, 0.3) is 0 Å². The third-order valence-corrected chi connectivity index (χ3v) is 4.95. The van der Waals surface area contributed by atoms with Crippen molar-refractivity contribution in [2.45, 2.75) is 13.0 Å². The summed E-state index contributed by atoms with van der Waals surface area (Å²) in [5, 5.41) is 0.495. The smallest absolute Gasteiger partial charge is 0.311 e. The topological polar surface area (TPSA) is 55.8 Å². The molecule has 5 nitrogen and oxygen atoms in total. The van der Waals surface area contributed by atoms with Gasteiger partial charge in [0.25, 0.3) is 0 Å². The number of amides is 1. The van der Waals surface area contributed by atoms with E-state index >= 15 is 0 Å². The van der Waals surface area contributed by atoms with Gasteiger partial charge in [0.1, 0.15) is 12.4 Å². The normalized spacial score (nSPS) is 16.7. The molecule has 2 aromatic carbocycles. The molecule has 0 saturated carbocycles. The molecule has 2 aromatic rings. The van der Waals surface area contributed by atoms with Crippen molar-refractivity contribution in [1.82, 2.24) is 0 Å². The number of nitrogens with zero attached hydrogens (tertiary/aromatic N) is 1. The van der Waals surface area contributed by atoms with Gasteiger partial charge < -0.3 is 14.4 Å². The fourth-order valence-electron chi connectivity index (χ4n) is 2.83. The van der Waals surface area contributed by atoms with Crippen LogP contribution < -0.4 is 9.64 Å². The van der Waals surface area contributed by atoms with E-state index < -0.39 is 5.92 Å². The van der Waals surface area contributed by atoms with Crippen LogP contribution in [0.3, 0.4) is 0 Å². The number of carbonyl (C=O) groups is 2. The molecule has 3 rings (SSSR count). The van der Waals surface area contributed by atoms with Crippen molar-refractivity contribution in [3.8, 4) is 5.75 Å². The number of rotatable bonds is 5. The largest absolute Gasteiger partial charge is 0.495 e. The van der Waals surface area contributed by atoms with Crippen LogP contribution >= 0.6 is 27.5 Å². The quantitative estimate of drug-likeness (QED) is 0.656. The van der Waals surface area contributed by atoms with Crippen LogP contribution in [0.2, 0.25) is 5.02 Å². The maximum atomic E-state index is 12.4. The monoisotopic (exact) mass is 437 g/mol. The Hall–Kier alpha value is -2.05. The van der Waals surface area contributed by atoms with Crippen LogP contribution in [0.5, 0.6) is 5.75 Å². The predicted molar refractivity (Wildman–Crippen MR) is 102 cm³/mol. The standard InChI is InChI=1S/C19H17BrClNO4/c1-25-17-7-6-15(21)9-16(17)22-10-13(8-18(22)23)19(24)26-11-12-2-4-14(20)5-3-12/h2-7,9,13H,8,10-11H2,1H3/t13-/m1/s1. The minimum atomic E-state index is -0.512. The van der Waals surface area contributed by atoms with E-state index in [4.69, 9.17) is 21.1 Å². The van der Waals surface area contributed by atoms with Crippen molar-refractivity contribution in [2.24, 2.45) is 5.92 Å². The van der Waals surface area contributed by atoms with Gasteiger partial charge in [0.15, 0.2) is 0 Å². The van der Waals surface area contributed by atoms with Crippen LogP contribution in [-0.4, -0.2) is 25.5 Å². The molecule has 136 valence electrons. The molecule has 0 radical (unpaired) electrons. The lowest BCUT2D eigenvalue weighted by atomic mass is 10.1. The van der Waals surface area contributed by atoms with Gasteiger partial charge in [-0.1, -0.05) is 39.7 Å². The van der Waals surface area contributed by atoms with Crippen LogP contribution in [0.15, 0.2) is 46.9 Å². The molecule has 1 atom stereocenters. The van der Waals surface area contributed by atoms with Crippen molar-refractivity contribution in [1.29, 1.82) is 0 Å². The molecule has 0 unspecified atom stereocenters. The third kappa shape index (κ3) is 4.19. The lowest BCUT2D eigenvalue weighted by molar-refractivity contribution is -0.149. The number of carbonyl (C=O) groups excluding carboxylic acids is 2. The summed E-state index contributed by atoms with van der Waals surface area (Å²) in [4.78, 5) is 26.3. The van der Waals surface area contributed by atoms with Crippen LogP contribution in [0, 0.1) is 5.92 Å². The van der Waals surface area contributed by atoms with Gasteiger partial charge in [0, 0.05) is 22.5 Å². The zero-order valence-electron chi connectivity index (χ0n) is 14.1. The molecule has 1 saturated heterocycles. The Kier molecular flexibility index (Phi) is 5.84. The molecule has 1 aliphatic rings. The van der Waals surface area contributed by atoms with Crippen molar-refractivity contribution >= 4 is 45.1 Å². The van der Waals surface area contributed by atoms with E-state index in [0.717, 1.165) is 10.0 Å². The fraction of sp³-hybridized carbons (Fsp3) is 0.263. The fourth-order valence-corrected chi connectivity index (χ4v) is 3.26. The first-order valence-corrected chi connectivity index (χ1v) is 9.20. The maximum absolute atomic E-state index is 12.4. The van der Waals surface area contributed by atoms with E-state index in [1.807, 2.05) is 24.3 Å². The number of methoxy groups -OCH3 is 1. The lowest BCUT2D eigenvalue weighted by Crippen LogP contribution is -2.26. The molecule has 1 heterocycles. The summed E-state index contributed by atoms with van der Waals surface area (Å²) in [6.45, 7) is 0.423. The Balaban J connectivity index is 1.66. The van der Waals surface area contributed by atoms with E-state index in [2.05, 4.69) is 15.9 Å². The van der Waals surface area contributed by atoms with Crippen LogP contribution in [0.4, 0.5) is 5.69 Å². The molecule has 1 amide bonds. The summed E-state index contributed by atoms with van der Waals surface area (Å²) < 4.78 is 11.6. The van der Waals surface area contributed by atoms with Crippen LogP contribution in [0.1, 0.15) is 12.0 Å². The van der Waals surface area contributed by atoms with Crippen molar-refractivity contribution in [3.05, 3.63) is 57.5 Å². The zero-order chi connectivity index (χ0) is 18.7. The number of hydrogen-bond donors (Lipinski definition) is 0.